The number of aliphatic hydroxyl groups excluding tert-OH is 1. The first-order valence-corrected chi connectivity index (χ1v) is 9.87. The molecule has 8 heteroatoms. The van der Waals surface area contributed by atoms with Crippen LogP contribution in [0, 0.1) is 5.92 Å². The van der Waals surface area contributed by atoms with Crippen molar-refractivity contribution in [2.75, 3.05) is 6.54 Å². The smallest absolute Gasteiger partial charge is 0.391 e. The summed E-state index contributed by atoms with van der Waals surface area (Å²) in [5.41, 5.74) is -0.0486. The van der Waals surface area contributed by atoms with Gasteiger partial charge in [-0.2, -0.15) is 18.2 Å². The van der Waals surface area contributed by atoms with Crippen molar-refractivity contribution in [2.24, 2.45) is 5.92 Å². The van der Waals surface area contributed by atoms with Gasteiger partial charge in [-0.05, 0) is 43.4 Å². The molecule has 28 heavy (non-hydrogen) atoms. The SMILES string of the molecule is O[C@H]1CCN[C@@H]1c1nc(-c2ccc(CCC3CCCC3)c(C(F)(F)F)c2)no1. The number of rotatable bonds is 5. The van der Waals surface area contributed by atoms with Crippen molar-refractivity contribution >= 4 is 0 Å². The van der Waals surface area contributed by atoms with E-state index >= 15 is 0 Å². The van der Waals surface area contributed by atoms with E-state index < -0.39 is 23.9 Å². The van der Waals surface area contributed by atoms with Gasteiger partial charge < -0.3 is 14.9 Å². The molecule has 4 rings (SSSR count). The fourth-order valence-electron chi connectivity index (χ4n) is 4.28. The molecule has 0 bridgehead atoms. The van der Waals surface area contributed by atoms with Crippen LogP contribution in [0.15, 0.2) is 22.7 Å². The Labute approximate surface area is 161 Å². The van der Waals surface area contributed by atoms with Crippen molar-refractivity contribution in [1.82, 2.24) is 15.5 Å². The molecule has 1 saturated heterocycles. The zero-order chi connectivity index (χ0) is 19.7. The van der Waals surface area contributed by atoms with Crippen LogP contribution in [0.4, 0.5) is 13.2 Å². The molecular weight excluding hydrogens is 371 g/mol. The van der Waals surface area contributed by atoms with Crippen molar-refractivity contribution in [2.45, 2.75) is 63.3 Å². The van der Waals surface area contributed by atoms with Gasteiger partial charge in [-0.15, -0.1) is 0 Å². The fourth-order valence-corrected chi connectivity index (χ4v) is 4.28. The predicted octanol–water partition coefficient (Wildman–Crippen LogP) is 4.27. The van der Waals surface area contributed by atoms with Gasteiger partial charge in [0.1, 0.15) is 6.04 Å². The molecule has 2 aliphatic rings. The summed E-state index contributed by atoms with van der Waals surface area (Å²) in [6.07, 6.45) is 1.30. The molecule has 0 spiro atoms. The van der Waals surface area contributed by atoms with Crippen LogP contribution in [0.25, 0.3) is 11.4 Å². The average molecular weight is 395 g/mol. The molecule has 152 valence electrons. The third kappa shape index (κ3) is 4.07. The fraction of sp³-hybridized carbons (Fsp3) is 0.600. The Hall–Kier alpha value is -1.93. The second-order valence-electron chi connectivity index (χ2n) is 7.80. The molecule has 2 N–H and O–H groups in total. The van der Waals surface area contributed by atoms with Crippen LogP contribution in [-0.2, 0) is 12.6 Å². The average Bonchev–Trinajstić information content (AvgIpc) is 3.40. The molecule has 0 radical (unpaired) electrons. The zero-order valence-electron chi connectivity index (χ0n) is 15.5. The molecule has 2 heterocycles. The Balaban J connectivity index is 1.57. The van der Waals surface area contributed by atoms with Crippen LogP contribution in [0.2, 0.25) is 0 Å². The van der Waals surface area contributed by atoms with E-state index in [4.69, 9.17) is 4.52 Å². The maximum Gasteiger partial charge on any atom is 0.416 e. The normalized spacial score (nSPS) is 23.6. The summed E-state index contributed by atoms with van der Waals surface area (Å²) in [7, 11) is 0. The van der Waals surface area contributed by atoms with Crippen molar-refractivity contribution < 1.29 is 22.8 Å². The van der Waals surface area contributed by atoms with Gasteiger partial charge in [-0.3, -0.25) is 0 Å². The van der Waals surface area contributed by atoms with E-state index in [1.54, 1.807) is 6.07 Å². The first-order chi connectivity index (χ1) is 13.4. The van der Waals surface area contributed by atoms with Crippen LogP contribution < -0.4 is 5.32 Å². The monoisotopic (exact) mass is 395 g/mol. The molecule has 2 atom stereocenters. The maximum absolute atomic E-state index is 13.6. The number of aliphatic hydroxyl groups is 1. The minimum Gasteiger partial charge on any atom is -0.391 e. The third-order valence-corrected chi connectivity index (χ3v) is 5.87. The maximum atomic E-state index is 13.6. The Kier molecular flexibility index (Phi) is 5.42. The van der Waals surface area contributed by atoms with Gasteiger partial charge in [-0.25, -0.2) is 0 Å². The number of alkyl halides is 3. The van der Waals surface area contributed by atoms with Crippen LogP contribution in [0.1, 0.15) is 61.6 Å². The lowest BCUT2D eigenvalue weighted by atomic mass is 9.94. The minimum absolute atomic E-state index is 0.101. The first-order valence-electron chi connectivity index (χ1n) is 9.87. The second kappa shape index (κ2) is 7.83. The van der Waals surface area contributed by atoms with E-state index in [1.807, 2.05) is 0 Å². The molecule has 1 aromatic heterocycles. The van der Waals surface area contributed by atoms with E-state index in [9.17, 15) is 18.3 Å². The van der Waals surface area contributed by atoms with E-state index in [2.05, 4.69) is 15.5 Å². The van der Waals surface area contributed by atoms with E-state index in [0.29, 0.717) is 30.9 Å². The highest BCUT2D eigenvalue weighted by atomic mass is 19.4. The molecule has 1 aliphatic carbocycles. The number of nitrogens with zero attached hydrogens (tertiary/aromatic N) is 2. The van der Waals surface area contributed by atoms with Gasteiger partial charge in [0, 0.05) is 5.56 Å². The molecule has 0 unspecified atom stereocenters. The Morgan fingerprint density at radius 3 is 2.64 bits per heavy atom. The van der Waals surface area contributed by atoms with Crippen molar-refractivity contribution in [3.63, 3.8) is 0 Å². The summed E-state index contributed by atoms with van der Waals surface area (Å²) in [5, 5.41) is 16.8. The lowest BCUT2D eigenvalue weighted by molar-refractivity contribution is -0.138. The van der Waals surface area contributed by atoms with Crippen LogP contribution >= 0.6 is 0 Å². The number of aromatic nitrogens is 2. The summed E-state index contributed by atoms with van der Waals surface area (Å²) in [4.78, 5) is 4.21. The molecule has 1 saturated carbocycles. The van der Waals surface area contributed by atoms with Gasteiger partial charge in [0.25, 0.3) is 0 Å². The number of aryl methyl sites for hydroxylation is 1. The van der Waals surface area contributed by atoms with E-state index in [1.165, 1.54) is 18.9 Å². The zero-order valence-corrected chi connectivity index (χ0v) is 15.5. The molecule has 2 fully saturated rings. The van der Waals surface area contributed by atoms with Crippen molar-refractivity contribution in [1.29, 1.82) is 0 Å². The lowest BCUT2D eigenvalue weighted by Gasteiger charge is -2.15. The van der Waals surface area contributed by atoms with E-state index in [0.717, 1.165) is 25.3 Å². The summed E-state index contributed by atoms with van der Waals surface area (Å²) < 4.78 is 46.1. The van der Waals surface area contributed by atoms with Crippen LogP contribution in [0.3, 0.4) is 0 Å². The lowest BCUT2D eigenvalue weighted by Crippen LogP contribution is -2.21. The van der Waals surface area contributed by atoms with Gasteiger partial charge >= 0.3 is 6.18 Å². The molecule has 1 aliphatic heterocycles. The number of hydrogen-bond donors (Lipinski definition) is 2. The van der Waals surface area contributed by atoms with Crippen molar-refractivity contribution in [3.8, 4) is 11.4 Å². The minimum atomic E-state index is -4.43. The number of benzene rings is 1. The van der Waals surface area contributed by atoms with Gasteiger partial charge in [0.05, 0.1) is 11.7 Å². The Morgan fingerprint density at radius 1 is 1.18 bits per heavy atom. The van der Waals surface area contributed by atoms with Crippen molar-refractivity contribution in [3.05, 3.63) is 35.2 Å². The number of nitrogens with one attached hydrogen (secondary N) is 1. The van der Waals surface area contributed by atoms with Gasteiger partial charge in [0.2, 0.25) is 11.7 Å². The summed E-state index contributed by atoms with van der Waals surface area (Å²) in [6, 6.07) is 3.78. The van der Waals surface area contributed by atoms with Gasteiger partial charge in [0.15, 0.2) is 0 Å². The number of hydrogen-bond acceptors (Lipinski definition) is 5. The first kappa shape index (κ1) is 19.4. The Morgan fingerprint density at radius 2 is 1.96 bits per heavy atom. The van der Waals surface area contributed by atoms with Gasteiger partial charge in [-0.1, -0.05) is 43.0 Å². The molecule has 1 aromatic carbocycles. The highest BCUT2D eigenvalue weighted by molar-refractivity contribution is 5.57. The highest BCUT2D eigenvalue weighted by Crippen LogP contribution is 2.37. The molecule has 5 nitrogen and oxygen atoms in total. The summed E-state index contributed by atoms with van der Waals surface area (Å²) in [6.45, 7) is 0.622. The predicted molar refractivity (Wildman–Crippen MR) is 96.4 cm³/mol. The quantitative estimate of drug-likeness (QED) is 0.791. The summed E-state index contributed by atoms with van der Waals surface area (Å²) in [5.74, 6) is 0.827. The Bertz CT molecular complexity index is 815. The third-order valence-electron chi connectivity index (χ3n) is 5.87. The molecular formula is C20H24F3N3O2. The number of halogens is 3. The van der Waals surface area contributed by atoms with Crippen LogP contribution in [0.5, 0.6) is 0 Å². The van der Waals surface area contributed by atoms with Crippen LogP contribution in [-0.4, -0.2) is 27.9 Å². The summed E-state index contributed by atoms with van der Waals surface area (Å²) >= 11 is 0. The largest absolute Gasteiger partial charge is 0.416 e. The molecule has 0 amide bonds. The topological polar surface area (TPSA) is 71.2 Å². The standard InChI is InChI=1S/C20H24F3N3O2/c21-20(22,23)15-11-14(8-7-13(15)6-5-12-3-1-2-4-12)18-25-19(28-26-18)17-16(27)9-10-24-17/h7-8,11-12,16-17,24,27H,1-6,9-10H2/t16-,17-/m0/s1. The molecule has 2 aromatic rings. The van der Waals surface area contributed by atoms with E-state index in [-0.39, 0.29) is 17.3 Å². The second-order valence-corrected chi connectivity index (χ2v) is 7.80. The highest BCUT2D eigenvalue weighted by Gasteiger charge is 2.35.